The molecule has 4 N–H and O–H groups in total. The van der Waals surface area contributed by atoms with E-state index < -0.39 is 48.1 Å². The average molecular weight is 606 g/mol. The number of nitrogens with one attached hydrogen (secondary N) is 1. The predicted molar refractivity (Wildman–Crippen MR) is 150 cm³/mol. The number of anilines is 1. The quantitative estimate of drug-likeness (QED) is 0.231. The number of hydrogen-bond donors (Lipinski definition) is 3. The van der Waals surface area contributed by atoms with Crippen molar-refractivity contribution in [2.75, 3.05) is 32.1 Å². The van der Waals surface area contributed by atoms with Crippen molar-refractivity contribution in [3.8, 4) is 17.0 Å². The molecule has 0 aliphatic heterocycles. The van der Waals surface area contributed by atoms with Gasteiger partial charge in [0.15, 0.2) is 5.13 Å². The van der Waals surface area contributed by atoms with Crippen molar-refractivity contribution in [3.05, 3.63) is 71.2 Å². The number of aliphatic hydroxyl groups is 1. The summed E-state index contributed by atoms with van der Waals surface area (Å²) < 4.78 is 63.5. The molecule has 222 valence electrons. The molecule has 0 unspecified atom stereocenters. The molecule has 14 heteroatoms. The number of amides is 2. The molecule has 0 fully saturated rings. The number of benzene rings is 2. The Hall–Kier alpha value is -4.30. The Kier molecular flexibility index (Phi) is 8.68. The molecular weight excluding hydrogens is 578 g/mol. The Morgan fingerprint density at radius 3 is 2.38 bits per heavy atom. The van der Waals surface area contributed by atoms with E-state index in [-0.39, 0.29) is 34.7 Å². The number of thiazole rings is 1. The minimum absolute atomic E-state index is 0.0461. The highest BCUT2D eigenvalue weighted by molar-refractivity contribution is 7.22. The topological polar surface area (TPSA) is 131 Å². The van der Waals surface area contributed by atoms with Crippen LogP contribution < -0.4 is 20.7 Å². The molecule has 0 bridgehead atoms. The second kappa shape index (κ2) is 11.9. The van der Waals surface area contributed by atoms with Crippen LogP contribution >= 0.6 is 11.3 Å². The summed E-state index contributed by atoms with van der Waals surface area (Å²) >= 11 is 1.30. The number of carbonyl (C=O) groups is 2. The van der Waals surface area contributed by atoms with Crippen molar-refractivity contribution in [1.29, 1.82) is 0 Å². The predicted octanol–water partition coefficient (Wildman–Crippen LogP) is 4.17. The molecule has 42 heavy (non-hydrogen) atoms. The number of rotatable bonds is 10. The van der Waals surface area contributed by atoms with Gasteiger partial charge in [-0.1, -0.05) is 11.3 Å². The third-order valence-electron chi connectivity index (χ3n) is 6.24. The summed E-state index contributed by atoms with van der Waals surface area (Å²) in [5.74, 6) is -2.40. The number of pyridine rings is 1. The van der Waals surface area contributed by atoms with Gasteiger partial charge in [0.05, 0.1) is 35.5 Å². The Labute approximate surface area is 241 Å². The molecule has 2 heterocycles. The molecule has 0 radical (unpaired) electrons. The monoisotopic (exact) mass is 605 g/mol. The van der Waals surface area contributed by atoms with Gasteiger partial charge >= 0.3 is 6.18 Å². The van der Waals surface area contributed by atoms with E-state index in [0.717, 1.165) is 18.2 Å². The van der Waals surface area contributed by atoms with Crippen LogP contribution in [0.4, 0.5) is 22.7 Å². The molecule has 4 aromatic rings. The van der Waals surface area contributed by atoms with E-state index in [9.17, 15) is 32.3 Å². The first-order valence-corrected chi connectivity index (χ1v) is 13.4. The summed E-state index contributed by atoms with van der Waals surface area (Å²) in [4.78, 5) is 35.0. The second-order valence-corrected chi connectivity index (χ2v) is 10.6. The zero-order valence-electron chi connectivity index (χ0n) is 22.8. The first-order valence-electron chi connectivity index (χ1n) is 12.6. The average Bonchev–Trinajstić information content (AvgIpc) is 3.36. The van der Waals surface area contributed by atoms with Gasteiger partial charge in [0.25, 0.3) is 5.91 Å². The third-order valence-corrected chi connectivity index (χ3v) is 7.43. The lowest BCUT2D eigenvalue weighted by Crippen LogP contribution is -2.51. The van der Waals surface area contributed by atoms with Crippen LogP contribution in [-0.2, 0) is 16.8 Å². The highest BCUT2D eigenvalue weighted by Gasteiger charge is 2.56. The fraction of sp³-hybridized carbons (Fsp3) is 0.286. The van der Waals surface area contributed by atoms with Crippen LogP contribution in [0.5, 0.6) is 5.75 Å². The maximum absolute atomic E-state index is 14.5. The molecule has 2 aromatic heterocycles. The van der Waals surface area contributed by atoms with E-state index in [0.29, 0.717) is 15.3 Å². The van der Waals surface area contributed by atoms with E-state index in [4.69, 9.17) is 10.5 Å². The van der Waals surface area contributed by atoms with Crippen LogP contribution in [-0.4, -0.2) is 60.3 Å². The molecule has 0 saturated heterocycles. The Morgan fingerprint density at radius 2 is 1.79 bits per heavy atom. The van der Waals surface area contributed by atoms with Gasteiger partial charge in [0, 0.05) is 30.8 Å². The van der Waals surface area contributed by atoms with Crippen LogP contribution in [0, 0.1) is 5.82 Å². The Morgan fingerprint density at radius 1 is 1.10 bits per heavy atom. The molecule has 0 spiro atoms. The van der Waals surface area contributed by atoms with Gasteiger partial charge in [-0.2, -0.15) is 13.2 Å². The molecular formula is C28H27F4N5O4S. The zero-order chi connectivity index (χ0) is 30.8. The number of alkyl halides is 3. The van der Waals surface area contributed by atoms with Crippen LogP contribution in [0.2, 0.25) is 0 Å². The van der Waals surface area contributed by atoms with Crippen LogP contribution in [0.25, 0.3) is 21.5 Å². The number of nitrogens with zero attached hydrogens (tertiary/aromatic N) is 3. The third kappa shape index (κ3) is 6.29. The van der Waals surface area contributed by atoms with Crippen LogP contribution in [0.1, 0.15) is 28.5 Å². The lowest BCUT2D eigenvalue weighted by atomic mass is 9.93. The number of ether oxygens (including phenoxy) is 1. The molecule has 2 amide bonds. The lowest BCUT2D eigenvalue weighted by Gasteiger charge is -2.31. The normalized spacial score (nSPS) is 13.0. The molecule has 4 rings (SSSR count). The van der Waals surface area contributed by atoms with Gasteiger partial charge in [-0.3, -0.25) is 9.59 Å². The summed E-state index contributed by atoms with van der Waals surface area (Å²) in [6.07, 6.45) is -5.87. The molecule has 2 aromatic carbocycles. The van der Waals surface area contributed by atoms with Gasteiger partial charge in [-0.15, -0.1) is 0 Å². The van der Waals surface area contributed by atoms with Crippen LogP contribution in [0.3, 0.4) is 0 Å². The van der Waals surface area contributed by atoms with Crippen molar-refractivity contribution < 1.29 is 37.0 Å². The number of carbonyl (C=O) groups excluding carboxylic acids is 2. The number of aromatic nitrogens is 2. The second-order valence-electron chi connectivity index (χ2n) is 9.54. The highest BCUT2D eigenvalue weighted by atomic mass is 32.1. The summed E-state index contributed by atoms with van der Waals surface area (Å²) in [5.41, 5.74) is 1.33. The van der Waals surface area contributed by atoms with Gasteiger partial charge in [0.1, 0.15) is 17.3 Å². The minimum atomic E-state index is -5.33. The van der Waals surface area contributed by atoms with E-state index in [1.165, 1.54) is 35.6 Å². The van der Waals surface area contributed by atoms with E-state index >= 15 is 0 Å². The summed E-state index contributed by atoms with van der Waals surface area (Å²) in [7, 11) is 3.60. The SMILES string of the molecule is CCOc1c(CC(N)=O)cc([C@@](O)(CNC(=O)c2ccc3nc(N(C)C)sc3c2)C(F)(F)F)nc1-c1ccc(F)cc1. The number of primary amides is 1. The molecule has 0 aliphatic rings. The lowest BCUT2D eigenvalue weighted by molar-refractivity contribution is -0.265. The molecule has 9 nitrogen and oxygen atoms in total. The Bertz CT molecular complexity index is 1630. The van der Waals surface area contributed by atoms with Crippen molar-refractivity contribution in [2.24, 2.45) is 5.73 Å². The molecule has 1 atom stereocenters. The van der Waals surface area contributed by atoms with Gasteiger partial charge < -0.3 is 25.8 Å². The summed E-state index contributed by atoms with van der Waals surface area (Å²) in [5, 5.41) is 14.0. The van der Waals surface area contributed by atoms with Crippen molar-refractivity contribution in [1.82, 2.24) is 15.3 Å². The smallest absolute Gasteiger partial charge is 0.424 e. The fourth-order valence-corrected chi connectivity index (χ4v) is 5.04. The number of hydrogen-bond acceptors (Lipinski definition) is 8. The van der Waals surface area contributed by atoms with Crippen molar-refractivity contribution in [3.63, 3.8) is 0 Å². The maximum atomic E-state index is 14.5. The Balaban J connectivity index is 1.76. The van der Waals surface area contributed by atoms with Crippen molar-refractivity contribution in [2.45, 2.75) is 25.1 Å². The zero-order valence-corrected chi connectivity index (χ0v) is 23.6. The first-order chi connectivity index (χ1) is 19.7. The fourth-order valence-electron chi connectivity index (χ4n) is 4.12. The van der Waals surface area contributed by atoms with Gasteiger partial charge in [-0.25, -0.2) is 14.4 Å². The number of fused-ring (bicyclic) bond motifs is 1. The maximum Gasteiger partial charge on any atom is 0.424 e. The molecule has 0 saturated carbocycles. The highest BCUT2D eigenvalue weighted by Crippen LogP contribution is 2.42. The van der Waals surface area contributed by atoms with Gasteiger partial charge in [0.2, 0.25) is 11.5 Å². The van der Waals surface area contributed by atoms with E-state index in [1.807, 2.05) is 0 Å². The minimum Gasteiger partial charge on any atom is -0.491 e. The van der Waals surface area contributed by atoms with E-state index in [2.05, 4.69) is 15.3 Å². The number of nitrogens with two attached hydrogens (primary N) is 1. The van der Waals surface area contributed by atoms with Crippen molar-refractivity contribution >= 4 is 38.5 Å². The molecule has 0 aliphatic carbocycles. The van der Waals surface area contributed by atoms with Gasteiger partial charge in [-0.05, 0) is 55.5 Å². The standard InChI is InChI=1S/C28H27F4N5O4S/c1-4-41-24-17(13-22(33)38)12-21(36-23(24)15-5-8-18(29)9-6-15)27(40,28(30,31)32)14-34-25(39)16-7-10-19-20(11-16)42-26(35-19)37(2)3/h5-12,40H,4,13-14H2,1-3H3,(H2,33,38)(H,34,39)/t27-/m0/s1. The summed E-state index contributed by atoms with van der Waals surface area (Å²) in [6, 6.07) is 10.0. The van der Waals surface area contributed by atoms with Crippen LogP contribution in [0.15, 0.2) is 48.5 Å². The first kappa shape index (κ1) is 30.7. The van der Waals surface area contributed by atoms with E-state index in [1.54, 1.807) is 32.0 Å². The number of halogens is 4. The summed E-state index contributed by atoms with van der Waals surface area (Å²) in [6.45, 7) is 0.364. The largest absolute Gasteiger partial charge is 0.491 e.